The second kappa shape index (κ2) is 3.39. The zero-order valence-electron chi connectivity index (χ0n) is 2.01. The first kappa shape index (κ1) is 10.4. The second-order valence-electron chi connectivity index (χ2n) is 0.429. The lowest BCUT2D eigenvalue weighted by Crippen LogP contribution is -1.91. The number of hydrogen-bond acceptors (Lipinski definition) is 0. The first-order chi connectivity index (χ1) is 2.00. The van der Waals surface area contributed by atoms with Crippen LogP contribution in [0.5, 0.6) is 0 Å². The van der Waals surface area contributed by atoms with E-state index in [2.05, 4.69) is 0 Å². The van der Waals surface area contributed by atoms with Gasteiger partial charge in [0.2, 0.25) is 0 Å². The van der Waals surface area contributed by atoms with Crippen LogP contribution in [-0.4, -0.2) is 5.31 Å². The molecule has 0 saturated carbocycles. The lowest BCUT2D eigenvalue weighted by molar-refractivity contribution is 2.50. The molecule has 0 aliphatic heterocycles. The van der Waals surface area contributed by atoms with E-state index in [0.29, 0.717) is 0 Å². The van der Waals surface area contributed by atoms with E-state index in [0.717, 1.165) is 0 Å². The molecule has 0 rings (SSSR count). The van der Waals surface area contributed by atoms with Gasteiger partial charge in [0.25, 0.3) is 0 Å². The van der Waals surface area contributed by atoms with Gasteiger partial charge in [-0.3, -0.25) is 0 Å². The first-order valence-corrected chi connectivity index (χ1v) is 6.80. The highest BCUT2D eigenvalue weighted by Gasteiger charge is 2.19. The lowest BCUT2D eigenvalue weighted by Gasteiger charge is -1.85. The Morgan fingerprint density at radius 2 is 0.833 bits per heavy atom. The van der Waals surface area contributed by atoms with E-state index in [1.54, 1.807) is 0 Å². The van der Waals surface area contributed by atoms with Crippen LogP contribution in [0.4, 0.5) is 0 Å². The summed E-state index contributed by atoms with van der Waals surface area (Å²) in [5, 5.41) is -2.72. The van der Waals surface area contributed by atoms with Crippen molar-refractivity contribution in [2.45, 2.75) is 7.43 Å². The molecule has 0 heterocycles. The maximum absolute atomic E-state index is 4.97. The maximum Gasteiger partial charge on any atom is 0.440 e. The summed E-state index contributed by atoms with van der Waals surface area (Å²) < 4.78 is 0. The Morgan fingerprint density at radius 1 is 0.833 bits per heavy atom. The minimum Gasteiger partial charge on any atom is -0.110 e. The van der Waals surface area contributed by atoms with Gasteiger partial charge in [-0.25, -0.2) is 0 Å². The highest BCUT2D eigenvalue weighted by Crippen LogP contribution is 2.23. The van der Waals surface area contributed by atoms with Gasteiger partial charge in [0, 0.05) is 0 Å². The van der Waals surface area contributed by atoms with Crippen LogP contribution in [0, 0.1) is 0 Å². The van der Waals surface area contributed by atoms with Gasteiger partial charge in [-0.1, -0.05) is 7.43 Å². The van der Waals surface area contributed by atoms with Crippen molar-refractivity contribution in [3.8, 4) is 0 Å². The average Bonchev–Trinajstić information content (AvgIpc) is 0.722. The molecule has 0 atom stereocenters. The molecule has 0 saturated heterocycles. The normalized spacial score (nSPS) is 10.0. The molecule has 0 aliphatic carbocycles. The number of hydrogen-bond donors (Lipinski definition) is 0. The summed E-state index contributed by atoms with van der Waals surface area (Å²) in [5.41, 5.74) is 0. The second-order valence-corrected chi connectivity index (χ2v) is 11.6. The van der Waals surface area contributed by atoms with Gasteiger partial charge in [-0.05, 0) is 0 Å². The third-order valence-corrected chi connectivity index (χ3v) is 0. The Kier molecular flexibility index (Phi) is 5.86. The Balaban J connectivity index is 0. The van der Waals surface area contributed by atoms with E-state index in [1.807, 2.05) is 0 Å². The van der Waals surface area contributed by atoms with Crippen LogP contribution in [0.2, 0.25) is 0 Å². The van der Waals surface area contributed by atoms with Crippen LogP contribution in [0.25, 0.3) is 0 Å². The summed E-state index contributed by atoms with van der Waals surface area (Å²) >= 11 is 19.9. The molecular weight excluding hydrogens is 182 g/mol. The maximum atomic E-state index is 4.97. The molecule has 0 fully saturated rings. The molecule has 0 spiro atoms. The van der Waals surface area contributed by atoms with Crippen molar-refractivity contribution in [3.05, 3.63) is 0 Å². The molecule has 0 bridgehead atoms. The Labute approximate surface area is 57.2 Å². The molecule has 0 aliphatic rings. The minimum absolute atomic E-state index is 0. The van der Waals surface area contributed by atoms with E-state index in [1.165, 1.54) is 0 Å². The van der Waals surface area contributed by atoms with Crippen LogP contribution >= 0.6 is 44.3 Å². The fraction of sp³-hybridized carbons (Fsp3) is 1.00. The smallest absolute Gasteiger partial charge is 0.110 e. The quantitative estimate of drug-likeness (QED) is 0.402. The molecule has 0 unspecified atom stereocenters. The predicted octanol–water partition coefficient (Wildman–Crippen LogP) is 3.01. The van der Waals surface area contributed by atoms with Crippen molar-refractivity contribution in [3.63, 3.8) is 0 Å². The van der Waals surface area contributed by atoms with E-state index >= 15 is 0 Å². The third-order valence-electron chi connectivity index (χ3n) is 0. The molecule has 0 aromatic heterocycles. The summed E-state index contributed by atoms with van der Waals surface area (Å²) in [4.78, 5) is 0. The predicted molar refractivity (Wildman–Crippen MR) is 35.9 cm³/mol. The van der Waals surface area contributed by atoms with Crippen LogP contribution in [-0.2, 0) is 0 Å². The highest BCUT2D eigenvalue weighted by atomic mass is 36.0. The van der Waals surface area contributed by atoms with Crippen molar-refractivity contribution >= 4 is 49.6 Å². The molecule has 0 aromatic rings. The number of rotatable bonds is 0. The minimum atomic E-state index is -2.72. The van der Waals surface area contributed by atoms with Gasteiger partial charge in [-0.15, -0.1) is 44.3 Å². The molecule has 5 heteroatoms. The van der Waals surface area contributed by atoms with Crippen LogP contribution in [0.15, 0.2) is 0 Å². The standard InChI is InChI=1S/CH4.Cl4Si/c;1-5(2,3)4/h1H4;. The zero-order chi connectivity index (χ0) is 4.50. The van der Waals surface area contributed by atoms with E-state index < -0.39 is 5.31 Å². The average molecular weight is 186 g/mol. The topological polar surface area (TPSA) is 0 Å². The lowest BCUT2D eigenvalue weighted by atomic mass is 12.0. The van der Waals surface area contributed by atoms with Crippen molar-refractivity contribution in [2.24, 2.45) is 0 Å². The highest BCUT2D eigenvalue weighted by molar-refractivity contribution is 7.81. The fourth-order valence-corrected chi connectivity index (χ4v) is 0. The van der Waals surface area contributed by atoms with Gasteiger partial charge in [0.1, 0.15) is 0 Å². The van der Waals surface area contributed by atoms with Gasteiger partial charge in [0.15, 0.2) is 0 Å². The van der Waals surface area contributed by atoms with Crippen molar-refractivity contribution in [1.82, 2.24) is 0 Å². The molecule has 40 valence electrons. The van der Waals surface area contributed by atoms with Crippen molar-refractivity contribution in [1.29, 1.82) is 0 Å². The van der Waals surface area contributed by atoms with Crippen LogP contribution in [0.3, 0.4) is 0 Å². The first-order valence-electron chi connectivity index (χ1n) is 0.756. The van der Waals surface area contributed by atoms with E-state index in [9.17, 15) is 0 Å². The SMILES string of the molecule is C.Cl[Si](Cl)(Cl)Cl. The summed E-state index contributed by atoms with van der Waals surface area (Å²) in [7, 11) is 0. The Bertz CT molecular complexity index is 23.0. The monoisotopic (exact) mass is 184 g/mol. The Morgan fingerprint density at radius 3 is 0.833 bits per heavy atom. The summed E-state index contributed by atoms with van der Waals surface area (Å²) in [6.07, 6.45) is 0. The van der Waals surface area contributed by atoms with Gasteiger partial charge in [-0.2, -0.15) is 0 Å². The third kappa shape index (κ3) is 54.3. The largest absolute Gasteiger partial charge is 0.440 e. The van der Waals surface area contributed by atoms with Crippen LogP contribution in [0.1, 0.15) is 7.43 Å². The molecule has 0 radical (unpaired) electrons. The van der Waals surface area contributed by atoms with Crippen molar-refractivity contribution in [2.75, 3.05) is 0 Å². The molecular formula is CH4Cl4Si. The van der Waals surface area contributed by atoms with E-state index in [-0.39, 0.29) is 7.43 Å². The fourth-order valence-electron chi connectivity index (χ4n) is 0. The molecule has 0 aromatic carbocycles. The summed E-state index contributed by atoms with van der Waals surface area (Å²) in [6, 6.07) is 0. The summed E-state index contributed by atoms with van der Waals surface area (Å²) in [6.45, 7) is 0. The Hall–Kier alpha value is 1.38. The molecule has 0 N–H and O–H groups in total. The van der Waals surface area contributed by atoms with Gasteiger partial charge >= 0.3 is 5.31 Å². The van der Waals surface area contributed by atoms with Gasteiger partial charge < -0.3 is 0 Å². The van der Waals surface area contributed by atoms with Gasteiger partial charge in [0.05, 0.1) is 0 Å². The molecule has 6 heavy (non-hydrogen) atoms. The molecule has 0 nitrogen and oxygen atoms in total. The van der Waals surface area contributed by atoms with Crippen molar-refractivity contribution < 1.29 is 0 Å². The number of halogens is 4. The summed E-state index contributed by atoms with van der Waals surface area (Å²) in [5.74, 6) is 0. The van der Waals surface area contributed by atoms with E-state index in [4.69, 9.17) is 44.3 Å². The van der Waals surface area contributed by atoms with Crippen LogP contribution < -0.4 is 0 Å². The zero-order valence-corrected chi connectivity index (χ0v) is 6.04. The molecule has 0 amide bonds.